The Bertz CT molecular complexity index is 293. The van der Waals surface area contributed by atoms with E-state index in [2.05, 4.69) is 0 Å². The van der Waals surface area contributed by atoms with Crippen molar-refractivity contribution in [1.82, 2.24) is 4.90 Å². The highest BCUT2D eigenvalue weighted by atomic mass is 16.2. The molecule has 0 aromatic rings. The van der Waals surface area contributed by atoms with Gasteiger partial charge < -0.3 is 0 Å². The summed E-state index contributed by atoms with van der Waals surface area (Å²) in [6, 6.07) is 0. The van der Waals surface area contributed by atoms with Crippen molar-refractivity contribution in [3.63, 3.8) is 0 Å². The summed E-state index contributed by atoms with van der Waals surface area (Å²) in [7, 11) is 5.56. The van der Waals surface area contributed by atoms with E-state index < -0.39 is 17.8 Å². The van der Waals surface area contributed by atoms with Gasteiger partial charge in [0.1, 0.15) is 13.6 Å². The van der Waals surface area contributed by atoms with Gasteiger partial charge in [-0.15, -0.1) is 0 Å². The Morgan fingerprint density at radius 2 is 1.93 bits per heavy atom. The van der Waals surface area contributed by atoms with Crippen LogP contribution in [0.4, 0.5) is 0 Å². The summed E-state index contributed by atoms with van der Waals surface area (Å²) in [5.41, 5.74) is 0. The fourth-order valence-electron chi connectivity index (χ4n) is 1.21. The van der Waals surface area contributed by atoms with E-state index in [0.29, 0.717) is 6.42 Å². The molecule has 1 aliphatic heterocycles. The molecule has 0 N–H and O–H groups in total. The lowest BCUT2D eigenvalue weighted by atomic mass is 9.89. The van der Waals surface area contributed by atoms with Crippen LogP contribution in [0.2, 0.25) is 0 Å². The van der Waals surface area contributed by atoms with Gasteiger partial charge in [-0.1, -0.05) is 6.92 Å². The second kappa shape index (κ2) is 4.22. The zero-order chi connectivity index (χ0) is 10.7. The minimum atomic E-state index is -0.836. The highest BCUT2D eigenvalue weighted by Crippen LogP contribution is 2.10. The predicted molar refractivity (Wildman–Crippen MR) is 50.5 cm³/mol. The summed E-state index contributed by atoms with van der Waals surface area (Å²) in [5.74, 6) is -1.81. The van der Waals surface area contributed by atoms with Crippen LogP contribution in [0.5, 0.6) is 0 Å². The van der Waals surface area contributed by atoms with E-state index in [1.807, 2.05) is 0 Å². The fourth-order valence-corrected chi connectivity index (χ4v) is 1.21. The smallest absolute Gasteiger partial charge is 0.253 e. The third-order valence-electron chi connectivity index (χ3n) is 2.01. The van der Waals surface area contributed by atoms with Gasteiger partial charge >= 0.3 is 0 Å². The molecular formula is C9H10BNO3. The molecule has 0 fully saturated rings. The summed E-state index contributed by atoms with van der Waals surface area (Å²) in [6.07, 6.45) is 2.68. The number of ketones is 1. The molecule has 0 aliphatic carbocycles. The molecule has 1 unspecified atom stereocenters. The van der Waals surface area contributed by atoms with Crippen LogP contribution < -0.4 is 0 Å². The van der Waals surface area contributed by atoms with Crippen molar-refractivity contribution in [3.8, 4) is 0 Å². The normalized spacial score (nSPS) is 17.6. The van der Waals surface area contributed by atoms with E-state index in [1.165, 1.54) is 0 Å². The molecule has 1 aliphatic rings. The number of carbonyl (C=O) groups is 3. The highest BCUT2D eigenvalue weighted by molar-refractivity contribution is 6.21. The zero-order valence-corrected chi connectivity index (χ0v) is 7.90. The van der Waals surface area contributed by atoms with Crippen molar-refractivity contribution in [3.05, 3.63) is 12.2 Å². The lowest BCUT2D eigenvalue weighted by molar-refractivity contribution is -0.138. The minimum Gasteiger partial charge on any atom is -0.300 e. The first kappa shape index (κ1) is 10.7. The lowest BCUT2D eigenvalue weighted by Gasteiger charge is -2.21. The molecule has 4 nitrogen and oxygen atoms in total. The van der Waals surface area contributed by atoms with Gasteiger partial charge in [0, 0.05) is 30.9 Å². The molecule has 0 aromatic carbocycles. The zero-order valence-electron chi connectivity index (χ0n) is 7.90. The van der Waals surface area contributed by atoms with Crippen molar-refractivity contribution in [2.24, 2.45) is 0 Å². The molecule has 5 heteroatoms. The molecule has 72 valence electrons. The van der Waals surface area contributed by atoms with Crippen LogP contribution in [-0.4, -0.2) is 36.3 Å². The number of hydrogen-bond acceptors (Lipinski definition) is 3. The van der Waals surface area contributed by atoms with Crippen molar-refractivity contribution in [2.45, 2.75) is 25.7 Å². The Labute approximate surface area is 83.4 Å². The molecule has 0 bridgehead atoms. The maximum absolute atomic E-state index is 11.1. The monoisotopic (exact) mass is 191 g/mol. The number of imide groups is 1. The van der Waals surface area contributed by atoms with Gasteiger partial charge in [-0.05, 0) is 0 Å². The van der Waals surface area contributed by atoms with Gasteiger partial charge in [0.2, 0.25) is 0 Å². The second-order valence-corrected chi connectivity index (χ2v) is 3.04. The number of Topliss-reactive ketones (excluding diaryl/α,β-unsaturated/α-hetero) is 1. The molecule has 2 amide bonds. The van der Waals surface area contributed by atoms with E-state index in [0.717, 1.165) is 17.1 Å². The Morgan fingerprint density at radius 3 is 2.36 bits per heavy atom. The maximum atomic E-state index is 11.1. The van der Waals surface area contributed by atoms with Crippen molar-refractivity contribution >= 4 is 25.4 Å². The Morgan fingerprint density at radius 1 is 1.43 bits per heavy atom. The molecular weight excluding hydrogens is 181 g/mol. The molecule has 1 heterocycles. The van der Waals surface area contributed by atoms with Crippen LogP contribution in [-0.2, 0) is 14.4 Å². The Balaban J connectivity index is 2.61. The van der Waals surface area contributed by atoms with E-state index in [9.17, 15) is 14.4 Å². The summed E-state index contributed by atoms with van der Waals surface area (Å²) in [6.45, 7) is 1.71. The quantitative estimate of drug-likeness (QED) is 0.455. The van der Waals surface area contributed by atoms with E-state index in [1.54, 1.807) is 6.92 Å². The highest BCUT2D eigenvalue weighted by Gasteiger charge is 2.28. The number of rotatable bonds is 4. The fraction of sp³-hybridized carbons (Fsp3) is 0.444. The summed E-state index contributed by atoms with van der Waals surface area (Å²) in [4.78, 5) is 34.2. The Kier molecular flexibility index (Phi) is 3.22. The van der Waals surface area contributed by atoms with Gasteiger partial charge in [-0.25, -0.2) is 0 Å². The minimum absolute atomic E-state index is 0.0235. The summed E-state index contributed by atoms with van der Waals surface area (Å²) in [5, 5.41) is 0. The first-order valence-corrected chi connectivity index (χ1v) is 4.38. The average Bonchev–Trinajstić information content (AvgIpc) is 2.46. The molecule has 14 heavy (non-hydrogen) atoms. The van der Waals surface area contributed by atoms with Crippen molar-refractivity contribution in [2.75, 3.05) is 0 Å². The predicted octanol–water partition coefficient (Wildman–Crippen LogP) is -0.225. The van der Waals surface area contributed by atoms with Crippen LogP contribution in [0.25, 0.3) is 0 Å². The van der Waals surface area contributed by atoms with Gasteiger partial charge in [0.25, 0.3) is 11.8 Å². The largest absolute Gasteiger partial charge is 0.300 e. The number of nitrogens with zero attached hydrogens (tertiary/aromatic N) is 1. The molecule has 0 saturated heterocycles. The van der Waals surface area contributed by atoms with Crippen LogP contribution in [0.3, 0.4) is 0 Å². The lowest BCUT2D eigenvalue weighted by Crippen LogP contribution is -2.41. The maximum Gasteiger partial charge on any atom is 0.253 e. The van der Waals surface area contributed by atoms with Gasteiger partial charge in [-0.3, -0.25) is 19.3 Å². The Hall–Kier alpha value is -1.39. The molecule has 0 aromatic heterocycles. The van der Waals surface area contributed by atoms with Crippen molar-refractivity contribution in [1.29, 1.82) is 0 Å². The molecule has 1 atom stereocenters. The van der Waals surface area contributed by atoms with E-state index in [4.69, 9.17) is 7.85 Å². The van der Waals surface area contributed by atoms with Crippen molar-refractivity contribution < 1.29 is 14.4 Å². The molecule has 1 rings (SSSR count). The van der Waals surface area contributed by atoms with Gasteiger partial charge in [0.05, 0.1) is 0 Å². The number of amides is 2. The SMILES string of the molecule is [B]C(CC(=O)CC)N1C(=O)C=CC1=O. The third kappa shape index (κ3) is 2.10. The average molecular weight is 191 g/mol. The van der Waals surface area contributed by atoms with Crippen LogP contribution >= 0.6 is 0 Å². The van der Waals surface area contributed by atoms with Crippen LogP contribution in [0.15, 0.2) is 12.2 Å². The molecule has 0 saturated carbocycles. The number of carbonyl (C=O) groups excluding carboxylic acids is 3. The third-order valence-corrected chi connectivity index (χ3v) is 2.01. The standard InChI is InChI=1S/C9H10BNO3/c1-2-6(12)5-7(10)11-8(13)3-4-9(11)14/h3-4,7H,2,5H2,1H3. The topological polar surface area (TPSA) is 54.5 Å². The van der Waals surface area contributed by atoms with E-state index >= 15 is 0 Å². The first-order valence-electron chi connectivity index (χ1n) is 4.38. The van der Waals surface area contributed by atoms with Crippen LogP contribution in [0.1, 0.15) is 19.8 Å². The summed E-state index contributed by atoms with van der Waals surface area (Å²) >= 11 is 0. The van der Waals surface area contributed by atoms with Gasteiger partial charge in [-0.2, -0.15) is 0 Å². The second-order valence-electron chi connectivity index (χ2n) is 3.04. The molecule has 2 radical (unpaired) electrons. The molecule has 0 spiro atoms. The van der Waals surface area contributed by atoms with Gasteiger partial charge in [0.15, 0.2) is 0 Å². The van der Waals surface area contributed by atoms with E-state index in [-0.39, 0.29) is 12.2 Å². The summed E-state index contributed by atoms with van der Waals surface area (Å²) < 4.78 is 0. The number of hydrogen-bond donors (Lipinski definition) is 0. The first-order chi connectivity index (χ1) is 6.56. The van der Waals surface area contributed by atoms with Crippen LogP contribution in [0, 0.1) is 0 Å².